The number of allylic oxidation sites excluding steroid dienone is 1. The van der Waals surface area contributed by atoms with Crippen molar-refractivity contribution >= 4 is 28.8 Å². The average molecular weight is 552 g/mol. The number of fused-ring (bicyclic) bond motifs is 2. The van der Waals surface area contributed by atoms with E-state index >= 15 is 0 Å². The lowest BCUT2D eigenvalue weighted by Crippen LogP contribution is -2.38. The normalized spacial score (nSPS) is 17.3. The number of benzene rings is 2. The predicted octanol–water partition coefficient (Wildman–Crippen LogP) is 4.28. The molecule has 0 aliphatic carbocycles. The Labute approximate surface area is 230 Å². The third-order valence-electron chi connectivity index (χ3n) is 6.45. The lowest BCUT2D eigenvalue weighted by atomic mass is 9.93. The standard InChI is InChI=1S/C28H29N3O7S/c1-5-36-27(33)25-16(2)30-28-31(26(25)18-9-20(34-3)12-21(10-18)35-4)19(14-39-28)11-24(32)29-13-17-6-7-22-23(8-17)38-15-37-22/h6-10,12,14,26H,5,11,13,15H2,1-4H3,(H,29,32). The molecular formula is C28H29N3O7S. The van der Waals surface area contributed by atoms with Crippen LogP contribution in [0.3, 0.4) is 0 Å². The lowest BCUT2D eigenvalue weighted by Gasteiger charge is -2.36. The van der Waals surface area contributed by atoms with Crippen LogP contribution in [0.4, 0.5) is 0 Å². The topological polar surface area (TPSA) is 108 Å². The molecule has 0 saturated heterocycles. The van der Waals surface area contributed by atoms with Crippen LogP contribution in [0, 0.1) is 0 Å². The first-order valence-corrected chi connectivity index (χ1v) is 13.3. The van der Waals surface area contributed by atoms with Crippen LogP contribution in [0.15, 0.2) is 63.8 Å². The molecule has 10 nitrogen and oxygen atoms in total. The highest BCUT2D eigenvalue weighted by atomic mass is 32.2. The van der Waals surface area contributed by atoms with Gasteiger partial charge in [-0.25, -0.2) is 9.79 Å². The molecule has 1 N–H and O–H groups in total. The number of carbonyl (C=O) groups excluding carboxylic acids is 2. The van der Waals surface area contributed by atoms with Gasteiger partial charge in [0.2, 0.25) is 12.7 Å². The van der Waals surface area contributed by atoms with Crippen LogP contribution in [-0.2, 0) is 20.9 Å². The van der Waals surface area contributed by atoms with E-state index in [9.17, 15) is 9.59 Å². The third-order valence-corrected chi connectivity index (χ3v) is 7.34. The second-order valence-corrected chi connectivity index (χ2v) is 9.74. The van der Waals surface area contributed by atoms with Crippen LogP contribution < -0.4 is 24.3 Å². The van der Waals surface area contributed by atoms with Gasteiger partial charge in [0.15, 0.2) is 16.7 Å². The highest BCUT2D eigenvalue weighted by Gasteiger charge is 2.41. The first-order chi connectivity index (χ1) is 18.9. The molecule has 2 aromatic carbocycles. The summed E-state index contributed by atoms with van der Waals surface area (Å²) < 4.78 is 27.2. The second-order valence-electron chi connectivity index (χ2n) is 8.90. The fourth-order valence-electron chi connectivity index (χ4n) is 4.62. The zero-order valence-electron chi connectivity index (χ0n) is 22.1. The number of aliphatic imine (C=N–C) groups is 1. The Bertz CT molecular complexity index is 1380. The fraction of sp³-hybridized carbons (Fsp3) is 0.321. The smallest absolute Gasteiger partial charge is 0.338 e. The van der Waals surface area contributed by atoms with Crippen LogP contribution in [0.25, 0.3) is 0 Å². The number of hydrogen-bond donors (Lipinski definition) is 1. The van der Waals surface area contributed by atoms with Crippen molar-refractivity contribution in [3.8, 4) is 23.0 Å². The number of amides is 1. The molecule has 1 amide bonds. The minimum atomic E-state index is -0.594. The first-order valence-electron chi connectivity index (χ1n) is 12.4. The van der Waals surface area contributed by atoms with E-state index in [2.05, 4.69) is 10.3 Å². The molecule has 3 heterocycles. The number of nitrogens with zero attached hydrogens (tertiary/aromatic N) is 2. The predicted molar refractivity (Wildman–Crippen MR) is 146 cm³/mol. The molecule has 3 aliphatic rings. The van der Waals surface area contributed by atoms with Crippen molar-refractivity contribution in [2.45, 2.75) is 32.9 Å². The monoisotopic (exact) mass is 551 g/mol. The molecule has 3 aliphatic heterocycles. The summed E-state index contributed by atoms with van der Waals surface area (Å²) in [6.07, 6.45) is 0.0866. The van der Waals surface area contributed by atoms with Gasteiger partial charge < -0.3 is 33.9 Å². The molecule has 1 unspecified atom stereocenters. The number of ether oxygens (including phenoxy) is 5. The largest absolute Gasteiger partial charge is 0.497 e. The van der Waals surface area contributed by atoms with Crippen molar-refractivity contribution in [2.75, 3.05) is 27.6 Å². The van der Waals surface area contributed by atoms with Crippen molar-refractivity contribution in [1.29, 1.82) is 0 Å². The maximum Gasteiger partial charge on any atom is 0.338 e. The highest BCUT2D eigenvalue weighted by molar-refractivity contribution is 8.16. The Morgan fingerprint density at radius 1 is 1.10 bits per heavy atom. The van der Waals surface area contributed by atoms with Gasteiger partial charge in [0.05, 0.1) is 44.6 Å². The molecule has 2 aromatic rings. The molecule has 0 aromatic heterocycles. The van der Waals surface area contributed by atoms with Gasteiger partial charge in [0.1, 0.15) is 11.5 Å². The van der Waals surface area contributed by atoms with Crippen molar-refractivity contribution in [3.05, 3.63) is 69.9 Å². The van der Waals surface area contributed by atoms with Crippen LogP contribution in [0.2, 0.25) is 0 Å². The summed E-state index contributed by atoms with van der Waals surface area (Å²) in [6, 6.07) is 10.4. The van der Waals surface area contributed by atoms with Gasteiger partial charge in [-0.05, 0) is 54.6 Å². The summed E-state index contributed by atoms with van der Waals surface area (Å²) in [5, 5.41) is 5.54. The molecule has 0 saturated carbocycles. The van der Waals surface area contributed by atoms with Crippen LogP contribution >= 0.6 is 11.8 Å². The summed E-state index contributed by atoms with van der Waals surface area (Å²) in [7, 11) is 3.14. The van der Waals surface area contributed by atoms with Crippen molar-refractivity contribution in [2.24, 2.45) is 4.99 Å². The molecule has 1 atom stereocenters. The number of esters is 1. The van der Waals surface area contributed by atoms with Crippen molar-refractivity contribution in [1.82, 2.24) is 10.2 Å². The summed E-state index contributed by atoms with van der Waals surface area (Å²) in [5.41, 5.74) is 3.30. The maximum absolute atomic E-state index is 13.2. The first kappa shape index (κ1) is 26.5. The van der Waals surface area contributed by atoms with Gasteiger partial charge in [-0.15, -0.1) is 0 Å². The van der Waals surface area contributed by atoms with E-state index in [-0.39, 0.29) is 25.7 Å². The molecule has 11 heteroatoms. The Hall–Kier alpha value is -4.12. The van der Waals surface area contributed by atoms with Crippen LogP contribution in [0.5, 0.6) is 23.0 Å². The van der Waals surface area contributed by atoms with E-state index in [1.807, 2.05) is 40.6 Å². The summed E-state index contributed by atoms with van der Waals surface area (Å²) in [5.74, 6) is 1.87. The van der Waals surface area contributed by atoms with E-state index in [4.69, 9.17) is 23.7 Å². The number of thioether (sulfide) groups is 1. The Balaban J connectivity index is 1.41. The SMILES string of the molecule is CCOC(=O)C1=C(C)N=C2SC=C(CC(=O)NCc3ccc4c(c3)OCO4)N2C1c1cc(OC)cc(OC)c1. The van der Waals surface area contributed by atoms with Gasteiger partial charge in [-0.2, -0.15) is 0 Å². The molecule has 39 heavy (non-hydrogen) atoms. The summed E-state index contributed by atoms with van der Waals surface area (Å²) in [4.78, 5) is 32.9. The zero-order valence-corrected chi connectivity index (χ0v) is 22.9. The number of amidine groups is 1. The van der Waals surface area contributed by atoms with Crippen LogP contribution in [0.1, 0.15) is 37.4 Å². The number of rotatable bonds is 9. The van der Waals surface area contributed by atoms with Gasteiger partial charge in [-0.1, -0.05) is 17.8 Å². The summed E-state index contributed by atoms with van der Waals surface area (Å²) in [6.45, 7) is 4.30. The average Bonchev–Trinajstić information content (AvgIpc) is 3.57. The number of carbonyl (C=O) groups is 2. The van der Waals surface area contributed by atoms with Crippen molar-refractivity contribution < 1.29 is 33.3 Å². The quantitative estimate of drug-likeness (QED) is 0.457. The zero-order chi connectivity index (χ0) is 27.5. The number of nitrogens with one attached hydrogen (secondary N) is 1. The molecular weight excluding hydrogens is 522 g/mol. The van der Waals surface area contributed by atoms with E-state index in [0.717, 1.165) is 11.1 Å². The molecule has 0 spiro atoms. The van der Waals surface area contributed by atoms with E-state index < -0.39 is 12.0 Å². The Morgan fingerprint density at radius 2 is 1.85 bits per heavy atom. The van der Waals surface area contributed by atoms with Gasteiger partial charge in [0, 0.05) is 18.3 Å². The van der Waals surface area contributed by atoms with Gasteiger partial charge >= 0.3 is 5.97 Å². The summed E-state index contributed by atoms with van der Waals surface area (Å²) >= 11 is 1.41. The molecule has 0 bridgehead atoms. The van der Waals surface area contributed by atoms with Gasteiger partial charge in [-0.3, -0.25) is 4.79 Å². The Morgan fingerprint density at radius 3 is 2.56 bits per heavy atom. The molecule has 5 rings (SSSR count). The van der Waals surface area contributed by atoms with Gasteiger partial charge in [0.25, 0.3) is 0 Å². The van der Waals surface area contributed by atoms with E-state index in [1.165, 1.54) is 11.8 Å². The lowest BCUT2D eigenvalue weighted by molar-refractivity contribution is -0.139. The fourth-order valence-corrected chi connectivity index (χ4v) is 5.59. The maximum atomic E-state index is 13.2. The highest BCUT2D eigenvalue weighted by Crippen LogP contribution is 2.46. The third kappa shape index (κ3) is 5.40. The minimum Gasteiger partial charge on any atom is -0.497 e. The van der Waals surface area contributed by atoms with Crippen LogP contribution in [-0.4, -0.2) is 49.6 Å². The second kappa shape index (κ2) is 11.3. The number of hydrogen-bond acceptors (Lipinski definition) is 10. The molecule has 0 fully saturated rings. The van der Waals surface area contributed by atoms with E-state index in [1.54, 1.807) is 34.1 Å². The van der Waals surface area contributed by atoms with E-state index in [0.29, 0.717) is 51.7 Å². The molecule has 204 valence electrons. The number of methoxy groups -OCH3 is 2. The van der Waals surface area contributed by atoms with Crippen molar-refractivity contribution in [3.63, 3.8) is 0 Å². The minimum absolute atomic E-state index is 0.0866. The molecule has 0 radical (unpaired) electrons. The Kier molecular flexibility index (Phi) is 7.69.